The van der Waals surface area contributed by atoms with Gasteiger partial charge in [0.2, 0.25) is 5.91 Å². The second-order valence-electron chi connectivity index (χ2n) is 7.83. The molecule has 2 fully saturated rings. The average molecular weight is 389 g/mol. The Balaban J connectivity index is 1.42. The van der Waals surface area contributed by atoms with Crippen LogP contribution in [0.25, 0.3) is 0 Å². The molecular weight excluding hydrogens is 352 g/mol. The van der Waals surface area contributed by atoms with Crippen molar-refractivity contribution in [2.24, 2.45) is 5.92 Å². The largest absolute Gasteiger partial charge is 0.379 e. The summed E-state index contributed by atoms with van der Waals surface area (Å²) in [6, 6.07) is 8.32. The first kappa shape index (κ1) is 21.1. The zero-order chi connectivity index (χ0) is 19.8. The number of piperazine rings is 1. The zero-order valence-electron chi connectivity index (χ0n) is 17.5. The molecule has 2 aliphatic rings. The van der Waals surface area contributed by atoms with E-state index in [4.69, 9.17) is 4.74 Å². The first-order valence-electron chi connectivity index (χ1n) is 10.9. The number of nitrogens with one attached hydrogen (secondary N) is 1. The summed E-state index contributed by atoms with van der Waals surface area (Å²) in [6.45, 7) is 14.7. The smallest absolute Gasteiger partial charge is 0.227 e. The Labute approximate surface area is 169 Å². The Morgan fingerprint density at radius 3 is 2.07 bits per heavy atom. The number of morpholine rings is 1. The standard InChI is InChI=1S/C22H36N4O2/c1-3-19(4-2)22(27)23-20-5-7-21(8-6-20)26-13-11-24(12-14-26)9-10-25-15-17-28-18-16-25/h5-8,19H,3-4,9-18H2,1-2H3,(H,23,27). The maximum absolute atomic E-state index is 12.2. The molecule has 28 heavy (non-hydrogen) atoms. The van der Waals surface area contributed by atoms with Gasteiger partial charge in [-0.2, -0.15) is 0 Å². The minimum atomic E-state index is 0.102. The molecule has 6 heteroatoms. The van der Waals surface area contributed by atoms with Crippen LogP contribution in [0.2, 0.25) is 0 Å². The van der Waals surface area contributed by atoms with Gasteiger partial charge in [-0.05, 0) is 37.1 Å². The van der Waals surface area contributed by atoms with Crippen LogP contribution >= 0.6 is 0 Å². The number of rotatable bonds is 8. The highest BCUT2D eigenvalue weighted by atomic mass is 16.5. The first-order valence-corrected chi connectivity index (χ1v) is 10.9. The molecule has 0 saturated carbocycles. The zero-order valence-corrected chi connectivity index (χ0v) is 17.5. The quantitative estimate of drug-likeness (QED) is 0.742. The molecule has 6 nitrogen and oxygen atoms in total. The van der Waals surface area contributed by atoms with Crippen molar-refractivity contribution in [1.82, 2.24) is 9.80 Å². The van der Waals surface area contributed by atoms with E-state index < -0.39 is 0 Å². The molecule has 0 aromatic heterocycles. The summed E-state index contributed by atoms with van der Waals surface area (Å²) >= 11 is 0. The van der Waals surface area contributed by atoms with Gasteiger partial charge in [0, 0.05) is 69.7 Å². The Morgan fingerprint density at radius 2 is 1.50 bits per heavy atom. The van der Waals surface area contributed by atoms with Gasteiger partial charge in [-0.25, -0.2) is 0 Å². The molecule has 0 radical (unpaired) electrons. The van der Waals surface area contributed by atoms with Gasteiger partial charge in [0.1, 0.15) is 0 Å². The normalized spacial score (nSPS) is 19.2. The number of carbonyl (C=O) groups excluding carboxylic acids is 1. The topological polar surface area (TPSA) is 48.1 Å². The fraction of sp³-hybridized carbons (Fsp3) is 0.682. The molecule has 0 aliphatic carbocycles. The van der Waals surface area contributed by atoms with Gasteiger partial charge in [0.05, 0.1) is 13.2 Å². The highest BCUT2D eigenvalue weighted by molar-refractivity contribution is 5.92. The third-order valence-corrected chi connectivity index (χ3v) is 6.06. The number of hydrogen-bond acceptors (Lipinski definition) is 5. The van der Waals surface area contributed by atoms with E-state index >= 15 is 0 Å². The molecule has 0 bridgehead atoms. The summed E-state index contributed by atoms with van der Waals surface area (Å²) in [4.78, 5) is 19.7. The van der Waals surface area contributed by atoms with Gasteiger partial charge in [0.15, 0.2) is 0 Å². The van der Waals surface area contributed by atoms with Crippen molar-refractivity contribution >= 4 is 17.3 Å². The average Bonchev–Trinajstić information content (AvgIpc) is 2.75. The van der Waals surface area contributed by atoms with Crippen LogP contribution in [-0.2, 0) is 9.53 Å². The fourth-order valence-corrected chi connectivity index (χ4v) is 4.00. The summed E-state index contributed by atoms with van der Waals surface area (Å²) in [5.74, 6) is 0.233. The predicted octanol–water partition coefficient (Wildman–Crippen LogP) is 2.52. The first-order chi connectivity index (χ1) is 13.7. The molecule has 1 aromatic carbocycles. The third-order valence-electron chi connectivity index (χ3n) is 6.06. The van der Waals surface area contributed by atoms with E-state index in [0.29, 0.717) is 0 Å². The van der Waals surface area contributed by atoms with Gasteiger partial charge in [-0.3, -0.25) is 14.6 Å². The number of nitrogens with zero attached hydrogens (tertiary/aromatic N) is 3. The van der Waals surface area contributed by atoms with Crippen LogP contribution in [-0.4, -0.2) is 81.3 Å². The molecule has 2 heterocycles. The molecule has 0 unspecified atom stereocenters. The number of hydrogen-bond donors (Lipinski definition) is 1. The summed E-state index contributed by atoms with van der Waals surface area (Å²) < 4.78 is 5.42. The minimum absolute atomic E-state index is 0.102. The van der Waals surface area contributed by atoms with Gasteiger partial charge in [0.25, 0.3) is 0 Å². The maximum Gasteiger partial charge on any atom is 0.227 e. The predicted molar refractivity (Wildman–Crippen MR) is 115 cm³/mol. The van der Waals surface area contributed by atoms with Crippen LogP contribution in [0.5, 0.6) is 0 Å². The molecular formula is C22H36N4O2. The number of ether oxygens (including phenoxy) is 1. The second-order valence-corrected chi connectivity index (χ2v) is 7.83. The lowest BCUT2D eigenvalue weighted by atomic mass is 10.0. The third kappa shape index (κ3) is 5.93. The molecule has 1 amide bonds. The van der Waals surface area contributed by atoms with Crippen LogP contribution in [0.3, 0.4) is 0 Å². The summed E-state index contributed by atoms with van der Waals surface area (Å²) in [6.07, 6.45) is 1.77. The number of amides is 1. The Kier molecular flexibility index (Phi) is 8.13. The van der Waals surface area contributed by atoms with Crippen molar-refractivity contribution in [3.63, 3.8) is 0 Å². The van der Waals surface area contributed by atoms with Crippen molar-refractivity contribution in [2.45, 2.75) is 26.7 Å². The Hall–Kier alpha value is -1.63. The van der Waals surface area contributed by atoms with Gasteiger partial charge >= 0.3 is 0 Å². The van der Waals surface area contributed by atoms with Crippen LogP contribution < -0.4 is 10.2 Å². The molecule has 0 atom stereocenters. The molecule has 3 rings (SSSR count). The van der Waals surface area contributed by atoms with Crippen LogP contribution in [0, 0.1) is 5.92 Å². The molecule has 0 spiro atoms. The molecule has 1 aromatic rings. The van der Waals surface area contributed by atoms with Crippen molar-refractivity contribution in [3.8, 4) is 0 Å². The van der Waals surface area contributed by atoms with E-state index in [9.17, 15) is 4.79 Å². The van der Waals surface area contributed by atoms with Gasteiger partial charge in [-0.1, -0.05) is 13.8 Å². The summed E-state index contributed by atoms with van der Waals surface area (Å²) in [7, 11) is 0. The van der Waals surface area contributed by atoms with Crippen LogP contribution in [0.4, 0.5) is 11.4 Å². The van der Waals surface area contributed by atoms with E-state index in [0.717, 1.165) is 84.1 Å². The van der Waals surface area contributed by atoms with Crippen molar-refractivity contribution in [3.05, 3.63) is 24.3 Å². The maximum atomic E-state index is 12.2. The SMILES string of the molecule is CCC(CC)C(=O)Nc1ccc(N2CCN(CCN3CCOCC3)CC2)cc1. The number of carbonyl (C=O) groups is 1. The highest BCUT2D eigenvalue weighted by Crippen LogP contribution is 2.20. The van der Waals surface area contributed by atoms with Gasteiger partial charge in [-0.15, -0.1) is 0 Å². The monoisotopic (exact) mass is 388 g/mol. The van der Waals surface area contributed by atoms with E-state index in [1.165, 1.54) is 5.69 Å². The van der Waals surface area contributed by atoms with E-state index in [-0.39, 0.29) is 11.8 Å². The minimum Gasteiger partial charge on any atom is -0.379 e. The highest BCUT2D eigenvalue weighted by Gasteiger charge is 2.19. The molecule has 1 N–H and O–H groups in total. The lowest BCUT2D eigenvalue weighted by molar-refractivity contribution is -0.120. The van der Waals surface area contributed by atoms with E-state index in [1.54, 1.807) is 0 Å². The van der Waals surface area contributed by atoms with Gasteiger partial charge < -0.3 is 15.0 Å². The summed E-state index contributed by atoms with van der Waals surface area (Å²) in [5.41, 5.74) is 2.14. The van der Waals surface area contributed by atoms with Crippen LogP contribution in [0.1, 0.15) is 26.7 Å². The number of anilines is 2. The molecule has 2 aliphatic heterocycles. The summed E-state index contributed by atoms with van der Waals surface area (Å²) in [5, 5.41) is 3.05. The molecule has 2 saturated heterocycles. The van der Waals surface area contributed by atoms with Crippen molar-refractivity contribution in [1.29, 1.82) is 0 Å². The Bertz CT molecular complexity index is 589. The van der Waals surface area contributed by atoms with E-state index in [1.807, 2.05) is 12.1 Å². The van der Waals surface area contributed by atoms with Crippen LogP contribution in [0.15, 0.2) is 24.3 Å². The second kappa shape index (κ2) is 10.8. The lowest BCUT2D eigenvalue weighted by Gasteiger charge is -2.37. The molecule has 156 valence electrons. The fourth-order valence-electron chi connectivity index (χ4n) is 4.00. The van der Waals surface area contributed by atoms with E-state index in [2.05, 4.69) is 46.0 Å². The lowest BCUT2D eigenvalue weighted by Crippen LogP contribution is -2.49. The van der Waals surface area contributed by atoms with Crippen molar-refractivity contribution in [2.75, 3.05) is 75.8 Å². The number of benzene rings is 1. The van der Waals surface area contributed by atoms with Crippen molar-refractivity contribution < 1.29 is 9.53 Å². The Morgan fingerprint density at radius 1 is 0.929 bits per heavy atom.